The molecule has 2 N–H and O–H groups in total. The Balaban J connectivity index is 2.21. The SMILES string of the molecule is Cc1ccsc1C(N)Cc1cc(F)ccc1Br. The average Bonchev–Trinajstić information content (AvgIpc) is 2.70. The maximum absolute atomic E-state index is 13.2. The summed E-state index contributed by atoms with van der Waals surface area (Å²) in [5, 5.41) is 2.03. The Kier molecular flexibility index (Phi) is 3.97. The van der Waals surface area contributed by atoms with Crippen LogP contribution in [0.5, 0.6) is 0 Å². The van der Waals surface area contributed by atoms with Crippen LogP contribution in [0.3, 0.4) is 0 Å². The molecule has 1 unspecified atom stereocenters. The maximum Gasteiger partial charge on any atom is 0.123 e. The van der Waals surface area contributed by atoms with Crippen molar-refractivity contribution in [1.82, 2.24) is 0 Å². The molecule has 17 heavy (non-hydrogen) atoms. The Morgan fingerprint density at radius 3 is 2.82 bits per heavy atom. The zero-order valence-corrected chi connectivity index (χ0v) is 11.8. The fraction of sp³-hybridized carbons (Fsp3) is 0.231. The summed E-state index contributed by atoms with van der Waals surface area (Å²) < 4.78 is 14.1. The van der Waals surface area contributed by atoms with Crippen molar-refractivity contribution in [3.05, 3.63) is 55.9 Å². The molecule has 1 nitrogen and oxygen atoms in total. The second-order valence-electron chi connectivity index (χ2n) is 4.01. The van der Waals surface area contributed by atoms with Gasteiger partial charge in [0.15, 0.2) is 0 Å². The molecule has 4 heteroatoms. The molecule has 0 saturated carbocycles. The van der Waals surface area contributed by atoms with Gasteiger partial charge in [-0.15, -0.1) is 11.3 Å². The van der Waals surface area contributed by atoms with Crippen molar-refractivity contribution >= 4 is 27.3 Å². The molecule has 0 aliphatic rings. The van der Waals surface area contributed by atoms with E-state index in [1.165, 1.54) is 22.6 Å². The molecular weight excluding hydrogens is 301 g/mol. The van der Waals surface area contributed by atoms with Gasteiger partial charge in [-0.2, -0.15) is 0 Å². The highest BCUT2D eigenvalue weighted by Gasteiger charge is 2.13. The lowest BCUT2D eigenvalue weighted by Gasteiger charge is -2.12. The molecule has 0 radical (unpaired) electrons. The Labute approximate surface area is 113 Å². The Hall–Kier alpha value is -0.710. The standard InChI is InChI=1S/C13H13BrFNS/c1-8-4-5-17-13(8)12(16)7-9-6-10(15)2-3-11(9)14/h2-6,12H,7,16H2,1H3. The molecule has 0 spiro atoms. The first-order valence-corrected chi connectivity index (χ1v) is 6.98. The largest absolute Gasteiger partial charge is 0.323 e. The van der Waals surface area contributed by atoms with E-state index in [0.717, 1.165) is 10.0 Å². The summed E-state index contributed by atoms with van der Waals surface area (Å²) >= 11 is 5.07. The van der Waals surface area contributed by atoms with Crippen molar-refractivity contribution in [3.8, 4) is 0 Å². The minimum atomic E-state index is -0.224. The Morgan fingerprint density at radius 2 is 2.18 bits per heavy atom. The third-order valence-corrected chi connectivity index (χ3v) is 4.61. The van der Waals surface area contributed by atoms with Crippen molar-refractivity contribution in [2.75, 3.05) is 0 Å². The van der Waals surface area contributed by atoms with Crippen LogP contribution >= 0.6 is 27.3 Å². The van der Waals surface area contributed by atoms with Gasteiger partial charge in [-0.3, -0.25) is 0 Å². The lowest BCUT2D eigenvalue weighted by Crippen LogP contribution is -2.13. The summed E-state index contributed by atoms with van der Waals surface area (Å²) in [6, 6.07) is 6.68. The van der Waals surface area contributed by atoms with Gasteiger partial charge in [0.2, 0.25) is 0 Å². The second kappa shape index (κ2) is 5.29. The first-order valence-electron chi connectivity index (χ1n) is 5.31. The topological polar surface area (TPSA) is 26.0 Å². The molecule has 0 saturated heterocycles. The van der Waals surface area contributed by atoms with E-state index in [2.05, 4.69) is 22.0 Å². The molecule has 0 amide bonds. The molecule has 0 bridgehead atoms. The van der Waals surface area contributed by atoms with E-state index in [1.54, 1.807) is 17.4 Å². The van der Waals surface area contributed by atoms with Crippen LogP contribution in [-0.4, -0.2) is 0 Å². The molecule has 2 aromatic rings. The number of benzene rings is 1. The summed E-state index contributed by atoms with van der Waals surface area (Å²) in [5.41, 5.74) is 8.27. The normalized spacial score (nSPS) is 12.7. The highest BCUT2D eigenvalue weighted by atomic mass is 79.9. The van der Waals surface area contributed by atoms with Crippen LogP contribution in [0.2, 0.25) is 0 Å². The number of hydrogen-bond donors (Lipinski definition) is 1. The molecule has 2 rings (SSSR count). The van der Waals surface area contributed by atoms with Crippen LogP contribution in [0.15, 0.2) is 34.1 Å². The predicted octanol–water partition coefficient (Wildman–Crippen LogP) is 4.20. The molecule has 0 aliphatic heterocycles. The van der Waals surface area contributed by atoms with Crippen LogP contribution < -0.4 is 5.73 Å². The van der Waals surface area contributed by atoms with E-state index in [1.807, 2.05) is 12.3 Å². The van der Waals surface area contributed by atoms with E-state index >= 15 is 0 Å². The van der Waals surface area contributed by atoms with Crippen molar-refractivity contribution in [2.24, 2.45) is 5.73 Å². The van der Waals surface area contributed by atoms with Gasteiger partial charge in [0.25, 0.3) is 0 Å². The second-order valence-corrected chi connectivity index (χ2v) is 5.82. The van der Waals surface area contributed by atoms with Crippen molar-refractivity contribution < 1.29 is 4.39 Å². The Bertz CT molecular complexity index is 524. The first-order chi connectivity index (χ1) is 8.08. The summed E-state index contributed by atoms with van der Waals surface area (Å²) in [6.45, 7) is 2.05. The number of halogens is 2. The highest BCUT2D eigenvalue weighted by molar-refractivity contribution is 9.10. The number of hydrogen-bond acceptors (Lipinski definition) is 2. The minimum absolute atomic E-state index is 0.0758. The predicted molar refractivity (Wildman–Crippen MR) is 73.8 cm³/mol. The molecule has 1 aromatic heterocycles. The van der Waals surface area contributed by atoms with E-state index in [-0.39, 0.29) is 11.9 Å². The number of nitrogens with two attached hydrogens (primary N) is 1. The number of thiophene rings is 1. The van der Waals surface area contributed by atoms with Crippen LogP contribution in [0.1, 0.15) is 22.0 Å². The van der Waals surface area contributed by atoms with Gasteiger partial charge in [0.1, 0.15) is 5.82 Å². The van der Waals surface area contributed by atoms with Crippen LogP contribution in [0.4, 0.5) is 4.39 Å². The molecule has 0 fully saturated rings. The first kappa shape index (κ1) is 12.7. The quantitative estimate of drug-likeness (QED) is 0.903. The van der Waals surface area contributed by atoms with Crippen LogP contribution in [-0.2, 0) is 6.42 Å². The highest BCUT2D eigenvalue weighted by Crippen LogP contribution is 2.27. The summed E-state index contributed by atoms with van der Waals surface area (Å²) in [7, 11) is 0. The van der Waals surface area contributed by atoms with E-state index < -0.39 is 0 Å². The van der Waals surface area contributed by atoms with Crippen molar-refractivity contribution in [3.63, 3.8) is 0 Å². The molecule has 1 atom stereocenters. The molecule has 90 valence electrons. The zero-order chi connectivity index (χ0) is 12.4. The smallest absolute Gasteiger partial charge is 0.123 e. The molecular formula is C13H13BrFNS. The van der Waals surface area contributed by atoms with Gasteiger partial charge >= 0.3 is 0 Å². The lowest BCUT2D eigenvalue weighted by molar-refractivity contribution is 0.621. The van der Waals surface area contributed by atoms with E-state index in [4.69, 9.17) is 5.73 Å². The van der Waals surface area contributed by atoms with Crippen molar-refractivity contribution in [2.45, 2.75) is 19.4 Å². The third kappa shape index (κ3) is 2.94. The van der Waals surface area contributed by atoms with Gasteiger partial charge in [-0.25, -0.2) is 4.39 Å². The molecule has 1 heterocycles. The minimum Gasteiger partial charge on any atom is -0.323 e. The lowest BCUT2D eigenvalue weighted by atomic mass is 10.0. The number of rotatable bonds is 3. The molecule has 0 aliphatic carbocycles. The molecule has 1 aromatic carbocycles. The van der Waals surface area contributed by atoms with E-state index in [9.17, 15) is 4.39 Å². The fourth-order valence-electron chi connectivity index (χ4n) is 1.79. The van der Waals surface area contributed by atoms with Crippen LogP contribution in [0.25, 0.3) is 0 Å². The zero-order valence-electron chi connectivity index (χ0n) is 9.41. The van der Waals surface area contributed by atoms with Gasteiger partial charge in [0.05, 0.1) is 0 Å². The third-order valence-electron chi connectivity index (χ3n) is 2.69. The van der Waals surface area contributed by atoms with Gasteiger partial charge in [-0.05, 0) is 54.1 Å². The summed E-state index contributed by atoms with van der Waals surface area (Å²) in [4.78, 5) is 1.17. The van der Waals surface area contributed by atoms with Crippen molar-refractivity contribution in [1.29, 1.82) is 0 Å². The summed E-state index contributed by atoms with van der Waals surface area (Å²) in [6.07, 6.45) is 0.639. The summed E-state index contributed by atoms with van der Waals surface area (Å²) in [5.74, 6) is -0.224. The maximum atomic E-state index is 13.2. The average molecular weight is 314 g/mol. The van der Waals surface area contributed by atoms with E-state index in [0.29, 0.717) is 6.42 Å². The van der Waals surface area contributed by atoms with Crippen LogP contribution in [0, 0.1) is 12.7 Å². The van der Waals surface area contributed by atoms with Gasteiger partial charge in [0, 0.05) is 15.4 Å². The van der Waals surface area contributed by atoms with Gasteiger partial charge in [-0.1, -0.05) is 15.9 Å². The number of aryl methyl sites for hydroxylation is 1. The Morgan fingerprint density at radius 1 is 1.41 bits per heavy atom. The monoisotopic (exact) mass is 313 g/mol. The van der Waals surface area contributed by atoms with Gasteiger partial charge < -0.3 is 5.73 Å². The fourth-order valence-corrected chi connectivity index (χ4v) is 3.13.